The second-order valence-electron chi connectivity index (χ2n) is 5.22. The number of benzene rings is 1. The minimum Gasteiger partial charge on any atom is -0.488 e. The molecule has 3 rings (SSSR count). The SMILES string of the molecule is CC(=O)OC1(C#N)C=CC2=C(C1)C(=O)c1ccccc1CO2. The van der Waals surface area contributed by atoms with Gasteiger partial charge < -0.3 is 9.47 Å². The van der Waals surface area contributed by atoms with Gasteiger partial charge in [-0.3, -0.25) is 9.59 Å². The quantitative estimate of drug-likeness (QED) is 0.744. The van der Waals surface area contributed by atoms with E-state index >= 15 is 0 Å². The Kier molecular flexibility index (Phi) is 3.30. The molecule has 2 aliphatic rings. The van der Waals surface area contributed by atoms with Crippen LogP contribution in [0.5, 0.6) is 0 Å². The molecular formula is C17H13NO4. The van der Waals surface area contributed by atoms with Gasteiger partial charge in [-0.25, -0.2) is 0 Å². The maximum atomic E-state index is 12.7. The zero-order valence-electron chi connectivity index (χ0n) is 12.0. The van der Waals surface area contributed by atoms with E-state index in [-0.39, 0.29) is 18.8 Å². The van der Waals surface area contributed by atoms with Crippen molar-refractivity contribution in [2.24, 2.45) is 0 Å². The molecule has 0 amide bonds. The molecule has 22 heavy (non-hydrogen) atoms. The number of ketones is 1. The van der Waals surface area contributed by atoms with Crippen LogP contribution in [0.1, 0.15) is 29.3 Å². The summed E-state index contributed by atoms with van der Waals surface area (Å²) in [5, 5.41) is 9.38. The van der Waals surface area contributed by atoms with Crippen LogP contribution >= 0.6 is 0 Å². The Morgan fingerprint density at radius 2 is 2.18 bits per heavy atom. The highest BCUT2D eigenvalue weighted by molar-refractivity contribution is 6.10. The third-order valence-electron chi connectivity index (χ3n) is 3.68. The van der Waals surface area contributed by atoms with Gasteiger partial charge in [-0.1, -0.05) is 24.3 Å². The maximum absolute atomic E-state index is 12.7. The predicted molar refractivity (Wildman–Crippen MR) is 76.5 cm³/mol. The molecule has 0 spiro atoms. The summed E-state index contributed by atoms with van der Waals surface area (Å²) in [6.45, 7) is 1.52. The van der Waals surface area contributed by atoms with Crippen molar-refractivity contribution in [1.82, 2.24) is 0 Å². The smallest absolute Gasteiger partial charge is 0.304 e. The van der Waals surface area contributed by atoms with Gasteiger partial charge in [0, 0.05) is 30.0 Å². The van der Waals surface area contributed by atoms with E-state index in [2.05, 4.69) is 0 Å². The number of esters is 1. The predicted octanol–water partition coefficient (Wildman–Crippen LogP) is 2.44. The molecule has 1 heterocycles. The Hall–Kier alpha value is -2.87. The lowest BCUT2D eigenvalue weighted by molar-refractivity contribution is -0.148. The number of nitrogens with zero attached hydrogens (tertiary/aromatic N) is 1. The summed E-state index contributed by atoms with van der Waals surface area (Å²) in [5.41, 5.74) is 0.251. The van der Waals surface area contributed by atoms with Crippen LogP contribution in [0.15, 0.2) is 47.7 Å². The van der Waals surface area contributed by atoms with E-state index in [9.17, 15) is 14.9 Å². The van der Waals surface area contributed by atoms with Crippen molar-refractivity contribution in [3.05, 3.63) is 58.9 Å². The van der Waals surface area contributed by atoms with Crippen LogP contribution in [-0.2, 0) is 20.9 Å². The molecule has 1 unspecified atom stereocenters. The number of carbonyl (C=O) groups excluding carboxylic acids is 2. The van der Waals surface area contributed by atoms with Crippen molar-refractivity contribution in [3.8, 4) is 6.07 Å². The van der Waals surface area contributed by atoms with Crippen molar-refractivity contribution in [2.45, 2.75) is 25.6 Å². The van der Waals surface area contributed by atoms with Crippen molar-refractivity contribution < 1.29 is 19.1 Å². The Balaban J connectivity index is 2.02. The van der Waals surface area contributed by atoms with Gasteiger partial charge in [0.15, 0.2) is 5.78 Å². The van der Waals surface area contributed by atoms with Crippen molar-refractivity contribution >= 4 is 11.8 Å². The molecule has 1 aromatic rings. The Labute approximate surface area is 127 Å². The first-order valence-electron chi connectivity index (χ1n) is 6.83. The number of nitriles is 1. The molecule has 1 aliphatic carbocycles. The highest BCUT2D eigenvalue weighted by atomic mass is 16.6. The summed E-state index contributed by atoms with van der Waals surface area (Å²) < 4.78 is 10.8. The van der Waals surface area contributed by atoms with E-state index in [4.69, 9.17) is 9.47 Å². The number of ether oxygens (including phenoxy) is 2. The minimum absolute atomic E-state index is 0.0118. The molecule has 0 bridgehead atoms. The van der Waals surface area contributed by atoms with Crippen LogP contribution in [0.3, 0.4) is 0 Å². The van der Waals surface area contributed by atoms with Crippen molar-refractivity contribution in [3.63, 3.8) is 0 Å². The number of rotatable bonds is 1. The minimum atomic E-state index is -1.46. The standard InChI is InChI=1S/C17H13NO4/c1-11(19)22-17(10-18)7-6-15-14(8-17)16(20)13-5-3-2-4-12(13)9-21-15/h2-7H,8-9H2,1H3. The lowest BCUT2D eigenvalue weighted by Gasteiger charge is -2.27. The summed E-state index contributed by atoms with van der Waals surface area (Å²) in [7, 11) is 0. The van der Waals surface area contributed by atoms with E-state index in [1.165, 1.54) is 19.1 Å². The van der Waals surface area contributed by atoms with Crippen molar-refractivity contribution in [2.75, 3.05) is 0 Å². The number of hydrogen-bond acceptors (Lipinski definition) is 5. The molecule has 0 fully saturated rings. The van der Waals surface area contributed by atoms with Gasteiger partial charge in [0.2, 0.25) is 5.60 Å². The van der Waals surface area contributed by atoms with Crippen LogP contribution in [0.25, 0.3) is 0 Å². The van der Waals surface area contributed by atoms with Gasteiger partial charge in [0.1, 0.15) is 18.4 Å². The van der Waals surface area contributed by atoms with Gasteiger partial charge in [-0.05, 0) is 12.2 Å². The summed E-state index contributed by atoms with van der Waals surface area (Å²) in [5.74, 6) is -0.337. The van der Waals surface area contributed by atoms with Gasteiger partial charge in [0.25, 0.3) is 0 Å². The zero-order chi connectivity index (χ0) is 15.7. The molecule has 0 saturated heterocycles. The molecule has 1 aromatic carbocycles. The average Bonchev–Trinajstić information content (AvgIpc) is 2.65. The highest BCUT2D eigenvalue weighted by Crippen LogP contribution is 2.35. The molecule has 0 aromatic heterocycles. The van der Waals surface area contributed by atoms with E-state index in [0.717, 1.165) is 5.56 Å². The van der Waals surface area contributed by atoms with Crippen LogP contribution < -0.4 is 0 Å². The van der Waals surface area contributed by atoms with Gasteiger partial charge in [0.05, 0.1) is 0 Å². The average molecular weight is 295 g/mol. The van der Waals surface area contributed by atoms with Crippen molar-refractivity contribution in [1.29, 1.82) is 5.26 Å². The van der Waals surface area contributed by atoms with E-state index in [1.807, 2.05) is 18.2 Å². The molecule has 5 heteroatoms. The molecule has 1 aliphatic heterocycles. The Morgan fingerprint density at radius 3 is 2.91 bits per heavy atom. The summed E-state index contributed by atoms with van der Waals surface area (Å²) in [6.07, 6.45) is 2.99. The van der Waals surface area contributed by atoms with Gasteiger partial charge in [-0.15, -0.1) is 0 Å². The number of hydrogen-bond donors (Lipinski definition) is 0. The Morgan fingerprint density at radius 1 is 1.41 bits per heavy atom. The lowest BCUT2D eigenvalue weighted by Crippen LogP contribution is -2.34. The Bertz CT molecular complexity index is 769. The first-order valence-corrected chi connectivity index (χ1v) is 6.83. The third-order valence-corrected chi connectivity index (χ3v) is 3.68. The summed E-state index contributed by atoms with van der Waals surface area (Å²) in [6, 6.07) is 9.16. The van der Waals surface area contributed by atoms with E-state index < -0.39 is 11.6 Å². The first-order chi connectivity index (χ1) is 10.5. The summed E-state index contributed by atoms with van der Waals surface area (Å²) >= 11 is 0. The molecule has 0 saturated carbocycles. The van der Waals surface area contributed by atoms with Crippen LogP contribution in [-0.4, -0.2) is 17.4 Å². The largest absolute Gasteiger partial charge is 0.488 e. The fourth-order valence-electron chi connectivity index (χ4n) is 2.66. The number of carbonyl (C=O) groups is 2. The fraction of sp³-hybridized carbons (Fsp3) is 0.235. The molecule has 110 valence electrons. The first kappa shape index (κ1) is 14.1. The topological polar surface area (TPSA) is 76.4 Å². The molecule has 0 radical (unpaired) electrons. The molecule has 5 nitrogen and oxygen atoms in total. The van der Waals surface area contributed by atoms with Crippen LogP contribution in [0.2, 0.25) is 0 Å². The van der Waals surface area contributed by atoms with Gasteiger partial charge >= 0.3 is 5.97 Å². The lowest BCUT2D eigenvalue weighted by atomic mass is 9.85. The molecule has 1 atom stereocenters. The second kappa shape index (κ2) is 5.15. The van der Waals surface area contributed by atoms with Gasteiger partial charge in [-0.2, -0.15) is 5.26 Å². The molecular weight excluding hydrogens is 282 g/mol. The fourth-order valence-corrected chi connectivity index (χ4v) is 2.66. The zero-order valence-corrected chi connectivity index (χ0v) is 12.0. The van der Waals surface area contributed by atoms with E-state index in [0.29, 0.717) is 16.9 Å². The second-order valence-corrected chi connectivity index (χ2v) is 5.22. The van der Waals surface area contributed by atoms with E-state index in [1.54, 1.807) is 12.1 Å². The highest BCUT2D eigenvalue weighted by Gasteiger charge is 2.39. The number of fused-ring (bicyclic) bond motifs is 1. The summed E-state index contributed by atoms with van der Waals surface area (Å²) in [4.78, 5) is 24.0. The molecule has 0 N–H and O–H groups in total. The normalized spacial score (nSPS) is 22.8. The monoisotopic (exact) mass is 295 g/mol. The number of Topliss-reactive ketones (excluding diaryl/α,β-unsaturated/α-hetero) is 1. The van der Waals surface area contributed by atoms with Crippen LogP contribution in [0.4, 0.5) is 0 Å². The third kappa shape index (κ3) is 2.29. The maximum Gasteiger partial charge on any atom is 0.304 e. The number of allylic oxidation sites excluding steroid dienone is 1. The van der Waals surface area contributed by atoms with Crippen LogP contribution in [0, 0.1) is 11.3 Å².